The standard InChI is InChI=1S/C30H36N2Si/c1-3-5-12-26-14-10-18-29(22-26)33(25-32-21-20-31-24-32,28-16-8-7-9-17-28)30-19-11-15-27(23-30)13-6-4-2/h7-11,14-24H,3-6,12-13,25H2,1-2H3. The first-order valence-electron chi connectivity index (χ1n) is 12.5. The van der Waals surface area contributed by atoms with Crippen LogP contribution in [0.2, 0.25) is 0 Å². The van der Waals surface area contributed by atoms with Gasteiger partial charge in [0.2, 0.25) is 0 Å². The van der Waals surface area contributed by atoms with Crippen molar-refractivity contribution in [3.05, 3.63) is 109 Å². The van der Waals surface area contributed by atoms with E-state index in [4.69, 9.17) is 0 Å². The van der Waals surface area contributed by atoms with Crippen LogP contribution >= 0.6 is 0 Å². The third-order valence-electron chi connectivity index (χ3n) is 6.72. The van der Waals surface area contributed by atoms with Crippen molar-refractivity contribution in [3.63, 3.8) is 0 Å². The number of nitrogens with zero attached hydrogens (tertiary/aromatic N) is 2. The highest BCUT2D eigenvalue weighted by atomic mass is 28.3. The summed E-state index contributed by atoms with van der Waals surface area (Å²) < 4.78 is 2.29. The summed E-state index contributed by atoms with van der Waals surface area (Å²) in [7, 11) is -2.35. The lowest BCUT2D eigenvalue weighted by Crippen LogP contribution is -2.69. The molecule has 1 aromatic heterocycles. The van der Waals surface area contributed by atoms with Gasteiger partial charge in [0.1, 0.15) is 0 Å². The van der Waals surface area contributed by atoms with E-state index >= 15 is 0 Å². The van der Waals surface area contributed by atoms with Crippen molar-refractivity contribution in [2.45, 2.75) is 58.5 Å². The van der Waals surface area contributed by atoms with Crippen LogP contribution in [0.25, 0.3) is 0 Å². The van der Waals surface area contributed by atoms with E-state index in [0.717, 1.165) is 19.0 Å². The maximum Gasteiger partial charge on any atom is 0.168 e. The molecule has 0 amide bonds. The molecule has 1 heterocycles. The van der Waals surface area contributed by atoms with Crippen LogP contribution in [0, 0.1) is 0 Å². The lowest BCUT2D eigenvalue weighted by Gasteiger charge is -2.34. The van der Waals surface area contributed by atoms with E-state index in [9.17, 15) is 0 Å². The fourth-order valence-electron chi connectivity index (χ4n) is 4.90. The van der Waals surface area contributed by atoms with Crippen LogP contribution in [-0.4, -0.2) is 17.6 Å². The molecule has 0 fully saturated rings. The first-order chi connectivity index (χ1) is 16.3. The number of aryl methyl sites for hydroxylation is 2. The van der Waals surface area contributed by atoms with Gasteiger partial charge in [-0.15, -0.1) is 0 Å². The molecule has 2 nitrogen and oxygen atoms in total. The van der Waals surface area contributed by atoms with Gasteiger partial charge in [-0.05, 0) is 52.4 Å². The Kier molecular flexibility index (Phi) is 7.95. The highest BCUT2D eigenvalue weighted by molar-refractivity contribution is 7.10. The summed E-state index contributed by atoms with van der Waals surface area (Å²) >= 11 is 0. The minimum absolute atomic E-state index is 0.950. The van der Waals surface area contributed by atoms with Crippen molar-refractivity contribution < 1.29 is 0 Å². The quantitative estimate of drug-likeness (QED) is 0.224. The third-order valence-corrected chi connectivity index (χ3v) is 11.5. The van der Waals surface area contributed by atoms with Crippen molar-refractivity contribution in [3.8, 4) is 0 Å². The molecule has 0 aliphatic heterocycles. The summed E-state index contributed by atoms with van der Waals surface area (Å²) in [6, 6.07) is 30.2. The zero-order valence-electron chi connectivity index (χ0n) is 20.1. The molecule has 3 heteroatoms. The van der Waals surface area contributed by atoms with Crippen LogP contribution < -0.4 is 15.6 Å². The van der Waals surface area contributed by atoms with E-state index in [1.54, 1.807) is 0 Å². The second kappa shape index (κ2) is 11.3. The van der Waals surface area contributed by atoms with Crippen LogP contribution in [0.15, 0.2) is 97.6 Å². The molecule has 0 unspecified atom stereocenters. The molecule has 0 aliphatic rings. The van der Waals surface area contributed by atoms with E-state index in [1.807, 2.05) is 12.5 Å². The summed E-state index contributed by atoms with van der Waals surface area (Å²) in [6.07, 6.45) is 14.1. The van der Waals surface area contributed by atoms with Gasteiger partial charge < -0.3 is 4.57 Å². The molecule has 4 rings (SSSR count). The van der Waals surface area contributed by atoms with Gasteiger partial charge >= 0.3 is 0 Å². The van der Waals surface area contributed by atoms with E-state index in [-0.39, 0.29) is 0 Å². The Morgan fingerprint density at radius 2 is 1.27 bits per heavy atom. The van der Waals surface area contributed by atoms with Gasteiger partial charge in [0, 0.05) is 18.6 Å². The van der Waals surface area contributed by atoms with Crippen molar-refractivity contribution in [1.29, 1.82) is 0 Å². The van der Waals surface area contributed by atoms with Crippen molar-refractivity contribution in [1.82, 2.24) is 9.55 Å². The molecule has 33 heavy (non-hydrogen) atoms. The largest absolute Gasteiger partial charge is 0.339 e. The Morgan fingerprint density at radius 3 is 1.79 bits per heavy atom. The molecule has 0 atom stereocenters. The number of benzene rings is 3. The highest BCUT2D eigenvalue weighted by Gasteiger charge is 2.40. The maximum atomic E-state index is 4.39. The molecule has 170 valence electrons. The second-order valence-electron chi connectivity index (χ2n) is 9.11. The Morgan fingerprint density at radius 1 is 0.697 bits per heavy atom. The van der Waals surface area contributed by atoms with Gasteiger partial charge in [0.15, 0.2) is 8.07 Å². The Hall–Kier alpha value is -2.91. The molecular formula is C30H36N2Si. The van der Waals surface area contributed by atoms with Crippen LogP contribution in [-0.2, 0) is 19.0 Å². The molecule has 0 bridgehead atoms. The van der Waals surface area contributed by atoms with Crippen molar-refractivity contribution in [2.24, 2.45) is 0 Å². The number of hydrogen-bond acceptors (Lipinski definition) is 1. The first kappa shape index (κ1) is 23.3. The zero-order chi connectivity index (χ0) is 22.9. The first-order valence-corrected chi connectivity index (χ1v) is 14.7. The minimum atomic E-state index is -2.35. The molecule has 4 aromatic rings. The van der Waals surface area contributed by atoms with E-state index < -0.39 is 8.07 Å². The molecule has 0 N–H and O–H groups in total. The van der Waals surface area contributed by atoms with Gasteiger partial charge in [-0.1, -0.05) is 106 Å². The lowest BCUT2D eigenvalue weighted by atomic mass is 10.1. The molecule has 0 spiro atoms. The molecule has 0 radical (unpaired) electrons. The Balaban J connectivity index is 1.93. The van der Waals surface area contributed by atoms with Crippen LogP contribution in [0.5, 0.6) is 0 Å². The minimum Gasteiger partial charge on any atom is -0.339 e. The predicted octanol–water partition coefficient (Wildman–Crippen LogP) is 5.28. The Labute approximate surface area is 200 Å². The smallest absolute Gasteiger partial charge is 0.168 e. The summed E-state index contributed by atoms with van der Waals surface area (Å²) in [4.78, 5) is 4.39. The van der Waals surface area contributed by atoms with Gasteiger partial charge in [-0.25, -0.2) is 4.98 Å². The third kappa shape index (κ3) is 5.36. The normalized spacial score (nSPS) is 11.6. The van der Waals surface area contributed by atoms with Gasteiger partial charge in [0.25, 0.3) is 0 Å². The molecule has 3 aromatic carbocycles. The molecule has 0 saturated heterocycles. The summed E-state index contributed by atoms with van der Waals surface area (Å²) in [6.45, 7) is 4.54. The fraction of sp³-hybridized carbons (Fsp3) is 0.300. The summed E-state index contributed by atoms with van der Waals surface area (Å²) in [5, 5.41) is 4.44. The SMILES string of the molecule is CCCCc1cccc([Si](Cn2ccnc2)(c2ccccc2)c2cccc(CCCC)c2)c1. The number of aromatic nitrogens is 2. The van der Waals surface area contributed by atoms with Crippen molar-refractivity contribution in [2.75, 3.05) is 0 Å². The number of unbranched alkanes of at least 4 members (excludes halogenated alkanes) is 2. The average Bonchev–Trinajstić information content (AvgIpc) is 3.39. The number of imidazole rings is 1. The summed E-state index contributed by atoms with van der Waals surface area (Å²) in [5.41, 5.74) is 2.91. The molecule has 0 saturated carbocycles. The Bertz CT molecular complexity index is 1070. The van der Waals surface area contributed by atoms with Crippen LogP contribution in [0.1, 0.15) is 50.7 Å². The zero-order valence-corrected chi connectivity index (χ0v) is 21.1. The highest BCUT2D eigenvalue weighted by Crippen LogP contribution is 2.15. The summed E-state index contributed by atoms with van der Waals surface area (Å²) in [5.74, 6) is 0. The van der Waals surface area contributed by atoms with Gasteiger partial charge in [0.05, 0.1) is 6.33 Å². The maximum absolute atomic E-state index is 4.39. The van der Waals surface area contributed by atoms with E-state index in [0.29, 0.717) is 0 Å². The number of hydrogen-bond donors (Lipinski definition) is 0. The topological polar surface area (TPSA) is 17.8 Å². The van der Waals surface area contributed by atoms with E-state index in [2.05, 4.69) is 108 Å². The average molecular weight is 453 g/mol. The fourth-order valence-corrected chi connectivity index (χ4v) is 9.57. The van der Waals surface area contributed by atoms with E-state index in [1.165, 1.54) is 52.4 Å². The van der Waals surface area contributed by atoms with Crippen molar-refractivity contribution >= 4 is 23.6 Å². The van der Waals surface area contributed by atoms with Crippen LogP contribution in [0.3, 0.4) is 0 Å². The lowest BCUT2D eigenvalue weighted by molar-refractivity contribution is 0.795. The van der Waals surface area contributed by atoms with Gasteiger partial charge in [-0.2, -0.15) is 0 Å². The predicted molar refractivity (Wildman–Crippen MR) is 143 cm³/mol. The van der Waals surface area contributed by atoms with Crippen LogP contribution in [0.4, 0.5) is 0 Å². The monoisotopic (exact) mass is 452 g/mol. The second-order valence-corrected chi connectivity index (χ2v) is 13.0. The number of rotatable bonds is 11. The molecule has 0 aliphatic carbocycles. The van der Waals surface area contributed by atoms with Gasteiger partial charge in [-0.3, -0.25) is 0 Å². The molecular weight excluding hydrogens is 416 g/mol.